The molecule has 1 fully saturated rings. The molecule has 0 spiro atoms. The Balaban J connectivity index is 2.55. The van der Waals surface area contributed by atoms with E-state index in [4.69, 9.17) is 0 Å². The van der Waals surface area contributed by atoms with Gasteiger partial charge in [-0.25, -0.2) is 0 Å². The molecule has 0 amide bonds. The SMILES string of the molecule is CC(c1ccccc1)C(C)C1(Br)CC(Br)(Br)C(Br)(Br)C(Br)(Br)C1(Br)Br. The Morgan fingerprint density at radius 3 is 1.68 bits per heavy atom. The highest BCUT2D eigenvalue weighted by atomic mass is 79.9. The lowest BCUT2D eigenvalue weighted by atomic mass is 9.73. The molecule has 0 radical (unpaired) electrons. The van der Waals surface area contributed by atoms with Crippen LogP contribution in [0, 0.1) is 5.92 Å². The lowest BCUT2D eigenvalue weighted by Crippen LogP contribution is -2.71. The normalized spacial score (nSPS) is 32.0. The zero-order chi connectivity index (χ0) is 19.5. The summed E-state index contributed by atoms with van der Waals surface area (Å²) < 4.78 is -2.42. The lowest BCUT2D eigenvalue weighted by Gasteiger charge is -2.63. The summed E-state index contributed by atoms with van der Waals surface area (Å²) in [5.74, 6) is 0.633. The van der Waals surface area contributed by atoms with Crippen molar-refractivity contribution in [2.45, 2.75) is 43.4 Å². The largest absolute Gasteiger partial charge is 0.134 e. The number of hydrogen-bond donors (Lipinski definition) is 0. The van der Waals surface area contributed by atoms with E-state index in [0.29, 0.717) is 5.92 Å². The van der Waals surface area contributed by atoms with Crippen molar-refractivity contribution in [1.29, 1.82) is 0 Å². The molecule has 9 heteroatoms. The Hall–Kier alpha value is 3.54. The van der Waals surface area contributed by atoms with Crippen LogP contribution in [0.4, 0.5) is 0 Å². The summed E-state index contributed by atoms with van der Waals surface area (Å²) in [6.45, 7) is 4.56. The predicted octanol–water partition coefficient (Wildman–Crippen LogP) is 9.91. The van der Waals surface area contributed by atoms with Gasteiger partial charge in [0.2, 0.25) is 0 Å². The molecule has 1 saturated carbocycles. The van der Waals surface area contributed by atoms with Crippen molar-refractivity contribution < 1.29 is 0 Å². The van der Waals surface area contributed by atoms with E-state index in [2.05, 4.69) is 188 Å². The molecule has 2 rings (SSSR count). The van der Waals surface area contributed by atoms with Crippen LogP contribution in [-0.2, 0) is 0 Å². The van der Waals surface area contributed by atoms with Crippen molar-refractivity contribution in [1.82, 2.24) is 0 Å². The first-order chi connectivity index (χ1) is 11.1. The fourth-order valence-corrected chi connectivity index (χ4v) is 13.0. The molecule has 0 heterocycles. The molecule has 1 aliphatic rings. The predicted molar refractivity (Wildman–Crippen MR) is 143 cm³/mol. The number of halogens is 9. The second kappa shape index (κ2) is 8.23. The van der Waals surface area contributed by atoms with Crippen molar-refractivity contribution in [3.8, 4) is 0 Å². The molecular formula is C16H15Br9. The van der Waals surface area contributed by atoms with Crippen molar-refractivity contribution >= 4 is 143 Å². The summed E-state index contributed by atoms with van der Waals surface area (Å²) in [6.07, 6.45) is 0.782. The molecular weight excluding hydrogens is 911 g/mol. The Bertz CT molecular complexity index is 626. The quantitative estimate of drug-likeness (QED) is 0.265. The molecule has 1 aromatic rings. The van der Waals surface area contributed by atoms with E-state index < -0.39 is 12.9 Å². The highest BCUT2D eigenvalue weighted by molar-refractivity contribution is 9.34. The van der Waals surface area contributed by atoms with Gasteiger partial charge < -0.3 is 0 Å². The van der Waals surface area contributed by atoms with E-state index in [1.807, 2.05) is 0 Å². The van der Waals surface area contributed by atoms with Gasteiger partial charge in [0.15, 0.2) is 0 Å². The number of hydrogen-bond acceptors (Lipinski definition) is 0. The summed E-state index contributed by atoms with van der Waals surface area (Å²) in [5.41, 5.74) is 1.32. The zero-order valence-corrected chi connectivity index (χ0v) is 27.4. The summed E-state index contributed by atoms with van der Waals surface area (Å²) in [6, 6.07) is 10.6. The number of benzene rings is 1. The standard InChI is InChI=1S/C16H15Br9/c1-9(11-6-4-3-5-7-11)10(2)12(17)8-13(18,19)15(22,23)16(24,25)14(12,20)21/h3-7,9-10H,8H2,1-2H3. The van der Waals surface area contributed by atoms with Crippen molar-refractivity contribution in [3.05, 3.63) is 35.9 Å². The van der Waals surface area contributed by atoms with Crippen LogP contribution >= 0.6 is 143 Å². The Labute approximate surface area is 225 Å². The third kappa shape index (κ3) is 3.94. The van der Waals surface area contributed by atoms with Crippen LogP contribution in [-0.4, -0.2) is 17.3 Å². The highest BCUT2D eigenvalue weighted by Crippen LogP contribution is 2.77. The van der Waals surface area contributed by atoms with Gasteiger partial charge in [-0.1, -0.05) is 188 Å². The molecule has 0 bridgehead atoms. The Kier molecular flexibility index (Phi) is 8.17. The maximum absolute atomic E-state index is 4.13. The second-order valence-electron chi connectivity index (χ2n) is 6.45. The van der Waals surface area contributed by atoms with Crippen LogP contribution in [0.25, 0.3) is 0 Å². The lowest BCUT2D eigenvalue weighted by molar-refractivity contribution is 0.281. The maximum Gasteiger partial charge on any atom is 0.134 e. The average Bonchev–Trinajstić information content (AvgIpc) is 2.52. The molecule has 1 aliphatic carbocycles. The fourth-order valence-electron chi connectivity index (χ4n) is 3.12. The van der Waals surface area contributed by atoms with Crippen molar-refractivity contribution in [2.24, 2.45) is 5.92 Å². The van der Waals surface area contributed by atoms with Gasteiger partial charge >= 0.3 is 0 Å². The van der Waals surface area contributed by atoms with Gasteiger partial charge in [-0.15, -0.1) is 0 Å². The number of rotatable bonds is 3. The van der Waals surface area contributed by atoms with Crippen LogP contribution in [0.15, 0.2) is 30.3 Å². The first-order valence-electron chi connectivity index (χ1n) is 7.38. The molecule has 3 atom stereocenters. The minimum atomic E-state index is -0.598. The molecule has 1 aromatic carbocycles. The third-order valence-corrected chi connectivity index (χ3v) is 23.4. The van der Waals surface area contributed by atoms with E-state index in [1.54, 1.807) is 0 Å². The van der Waals surface area contributed by atoms with Crippen LogP contribution in [0.1, 0.15) is 31.7 Å². The first kappa shape index (κ1) is 24.8. The molecule has 0 aromatic heterocycles. The van der Waals surface area contributed by atoms with Gasteiger partial charge in [-0.2, -0.15) is 0 Å². The van der Waals surface area contributed by atoms with Gasteiger partial charge in [-0.3, -0.25) is 0 Å². The smallest absolute Gasteiger partial charge is 0.0824 e. The van der Waals surface area contributed by atoms with Gasteiger partial charge in [-0.05, 0) is 23.8 Å². The molecule has 142 valence electrons. The van der Waals surface area contributed by atoms with Crippen LogP contribution in [0.3, 0.4) is 0 Å². The van der Waals surface area contributed by atoms with Gasteiger partial charge in [0.05, 0.1) is 4.32 Å². The van der Waals surface area contributed by atoms with E-state index in [0.717, 1.165) is 6.42 Å². The topological polar surface area (TPSA) is 0 Å². The van der Waals surface area contributed by atoms with Crippen LogP contribution in [0.2, 0.25) is 0 Å². The van der Waals surface area contributed by atoms with Gasteiger partial charge in [0, 0.05) is 0 Å². The van der Waals surface area contributed by atoms with Gasteiger partial charge in [0.25, 0.3) is 0 Å². The first-order valence-corrected chi connectivity index (χ1v) is 14.5. The highest BCUT2D eigenvalue weighted by Gasteiger charge is 2.76. The monoisotopic (exact) mass is 917 g/mol. The number of alkyl halides is 9. The van der Waals surface area contributed by atoms with E-state index in [9.17, 15) is 0 Å². The van der Waals surface area contributed by atoms with Crippen molar-refractivity contribution in [2.75, 3.05) is 0 Å². The minimum absolute atomic E-state index is 0.286. The minimum Gasteiger partial charge on any atom is -0.0824 e. The summed E-state index contributed by atoms with van der Waals surface area (Å²) in [5, 5.41) is 0. The second-order valence-corrected chi connectivity index (χ2v) is 22.0. The Morgan fingerprint density at radius 2 is 1.20 bits per heavy atom. The van der Waals surface area contributed by atoms with E-state index >= 15 is 0 Å². The zero-order valence-electron chi connectivity index (χ0n) is 13.2. The molecule has 0 aliphatic heterocycles. The van der Waals surface area contributed by atoms with Gasteiger partial charge in [0.1, 0.15) is 12.9 Å². The molecule has 3 unspecified atom stereocenters. The summed E-state index contributed by atoms with van der Waals surface area (Å²) >= 11 is 35.3. The van der Waals surface area contributed by atoms with Crippen molar-refractivity contribution in [3.63, 3.8) is 0 Å². The molecule has 25 heavy (non-hydrogen) atoms. The molecule has 0 saturated heterocycles. The third-order valence-electron chi connectivity index (χ3n) is 5.05. The maximum atomic E-state index is 4.13. The molecule has 0 N–H and O–H groups in total. The van der Waals surface area contributed by atoms with E-state index in [-0.39, 0.29) is 10.2 Å². The Morgan fingerprint density at radius 1 is 0.720 bits per heavy atom. The molecule has 0 nitrogen and oxygen atoms in total. The van der Waals surface area contributed by atoms with Crippen LogP contribution < -0.4 is 0 Å². The fraction of sp³-hybridized carbons (Fsp3) is 0.625. The summed E-state index contributed by atoms with van der Waals surface area (Å²) in [4.78, 5) is 0. The van der Waals surface area contributed by atoms with Crippen LogP contribution in [0.5, 0.6) is 0 Å². The average molecular weight is 926 g/mol. The van der Waals surface area contributed by atoms with E-state index in [1.165, 1.54) is 5.56 Å². The summed E-state index contributed by atoms with van der Waals surface area (Å²) in [7, 11) is 0.